The van der Waals surface area contributed by atoms with E-state index in [1.165, 1.54) is 6.07 Å². The Kier molecular flexibility index (Phi) is 4.95. The van der Waals surface area contributed by atoms with Gasteiger partial charge in [-0.15, -0.1) is 0 Å². The molecular weight excluding hydrogens is 329 g/mol. The SMILES string of the molecule is O=C(CBr)c1cc(Cl)cc(OC(F)F)c1Cl. The predicted octanol–water partition coefficient (Wildman–Crippen LogP) is 4.17. The van der Waals surface area contributed by atoms with E-state index in [-0.39, 0.29) is 32.5 Å². The lowest BCUT2D eigenvalue weighted by molar-refractivity contribution is -0.0498. The maximum atomic E-state index is 12.0. The molecule has 1 aromatic rings. The molecule has 2 nitrogen and oxygen atoms in total. The van der Waals surface area contributed by atoms with Crippen molar-refractivity contribution >= 4 is 44.9 Å². The molecule has 0 atom stereocenters. The van der Waals surface area contributed by atoms with Crippen molar-refractivity contribution in [1.82, 2.24) is 0 Å². The Hall–Kier alpha value is -0.390. The fourth-order valence-electron chi connectivity index (χ4n) is 1.02. The van der Waals surface area contributed by atoms with E-state index in [9.17, 15) is 13.6 Å². The first-order chi connectivity index (χ1) is 7.45. The Morgan fingerprint density at radius 1 is 1.44 bits per heavy atom. The molecule has 0 aromatic heterocycles. The molecule has 0 aliphatic rings. The van der Waals surface area contributed by atoms with E-state index in [0.717, 1.165) is 6.07 Å². The first-order valence-corrected chi connectivity index (χ1v) is 5.86. The molecule has 0 spiro atoms. The molecule has 0 saturated heterocycles. The van der Waals surface area contributed by atoms with Crippen molar-refractivity contribution in [3.05, 3.63) is 27.7 Å². The van der Waals surface area contributed by atoms with Crippen molar-refractivity contribution in [3.63, 3.8) is 0 Å². The second kappa shape index (κ2) is 5.80. The molecule has 0 fully saturated rings. The smallest absolute Gasteiger partial charge is 0.387 e. The van der Waals surface area contributed by atoms with Crippen LogP contribution in [0.4, 0.5) is 8.78 Å². The minimum atomic E-state index is -3.03. The quantitative estimate of drug-likeness (QED) is 0.610. The van der Waals surface area contributed by atoms with Gasteiger partial charge in [0.2, 0.25) is 0 Å². The van der Waals surface area contributed by atoms with E-state index in [1.807, 2.05) is 0 Å². The summed E-state index contributed by atoms with van der Waals surface area (Å²) in [4.78, 5) is 11.4. The highest BCUT2D eigenvalue weighted by Gasteiger charge is 2.17. The number of benzene rings is 1. The molecule has 0 bridgehead atoms. The van der Waals surface area contributed by atoms with E-state index < -0.39 is 6.61 Å². The molecule has 7 heteroatoms. The van der Waals surface area contributed by atoms with E-state index in [0.29, 0.717) is 0 Å². The van der Waals surface area contributed by atoms with Gasteiger partial charge in [0.05, 0.1) is 10.4 Å². The van der Waals surface area contributed by atoms with Gasteiger partial charge in [-0.1, -0.05) is 39.1 Å². The summed E-state index contributed by atoms with van der Waals surface area (Å²) in [7, 11) is 0. The Bertz CT molecular complexity index is 413. The molecule has 1 aromatic carbocycles. The van der Waals surface area contributed by atoms with E-state index >= 15 is 0 Å². The minimum absolute atomic E-state index is 0.0151. The molecule has 0 N–H and O–H groups in total. The van der Waals surface area contributed by atoms with E-state index in [4.69, 9.17) is 23.2 Å². The van der Waals surface area contributed by atoms with Crippen LogP contribution in [0, 0.1) is 0 Å². The lowest BCUT2D eigenvalue weighted by Crippen LogP contribution is -2.06. The second-order valence-corrected chi connectivity index (χ2v) is 4.08. The number of hydrogen-bond acceptors (Lipinski definition) is 2. The summed E-state index contributed by atoms with van der Waals surface area (Å²) in [5, 5.41) is -0.0558. The van der Waals surface area contributed by atoms with E-state index in [1.54, 1.807) is 0 Å². The molecule has 0 unspecified atom stereocenters. The normalized spacial score (nSPS) is 10.6. The standard InChI is InChI=1S/C9H5BrCl2F2O2/c10-3-6(15)5-1-4(11)2-7(8(5)12)16-9(13)14/h1-2,9H,3H2. The fourth-order valence-corrected chi connectivity index (χ4v) is 1.79. The molecule has 0 radical (unpaired) electrons. The van der Waals surface area contributed by atoms with Gasteiger partial charge in [-0.25, -0.2) is 0 Å². The maximum Gasteiger partial charge on any atom is 0.387 e. The van der Waals surface area contributed by atoms with Crippen molar-refractivity contribution in [3.8, 4) is 5.75 Å². The van der Waals surface area contributed by atoms with Crippen molar-refractivity contribution in [1.29, 1.82) is 0 Å². The van der Waals surface area contributed by atoms with Crippen LogP contribution >= 0.6 is 39.1 Å². The van der Waals surface area contributed by atoms with Gasteiger partial charge in [0, 0.05) is 16.7 Å². The Morgan fingerprint density at radius 3 is 2.56 bits per heavy atom. The predicted molar refractivity (Wildman–Crippen MR) is 61.2 cm³/mol. The number of ether oxygens (including phenoxy) is 1. The Morgan fingerprint density at radius 2 is 2.06 bits per heavy atom. The van der Waals surface area contributed by atoms with Gasteiger partial charge in [-0.3, -0.25) is 4.79 Å². The summed E-state index contributed by atoms with van der Waals surface area (Å²) in [6.45, 7) is -3.03. The van der Waals surface area contributed by atoms with Crippen LogP contribution in [0.1, 0.15) is 10.4 Å². The average Bonchev–Trinajstić information content (AvgIpc) is 2.21. The summed E-state index contributed by atoms with van der Waals surface area (Å²) in [5.74, 6) is -0.680. The van der Waals surface area contributed by atoms with Crippen LogP contribution in [0.25, 0.3) is 0 Å². The molecule has 0 amide bonds. The van der Waals surface area contributed by atoms with Gasteiger partial charge in [-0.2, -0.15) is 8.78 Å². The third-order valence-corrected chi connectivity index (χ3v) is 2.76. The highest BCUT2D eigenvalue weighted by atomic mass is 79.9. The molecule has 0 heterocycles. The number of ketones is 1. The van der Waals surface area contributed by atoms with Gasteiger partial charge >= 0.3 is 6.61 Å². The number of halogens is 5. The number of alkyl halides is 3. The molecule has 16 heavy (non-hydrogen) atoms. The van der Waals surface area contributed by atoms with Crippen molar-refractivity contribution in [2.45, 2.75) is 6.61 Å². The fraction of sp³-hybridized carbons (Fsp3) is 0.222. The van der Waals surface area contributed by atoms with Crippen LogP contribution in [0.2, 0.25) is 10.0 Å². The Labute approximate surface area is 109 Å². The zero-order valence-corrected chi connectivity index (χ0v) is 10.7. The monoisotopic (exact) mass is 332 g/mol. The number of carbonyl (C=O) groups is 1. The summed E-state index contributed by atoms with van der Waals surface area (Å²) in [5.41, 5.74) is 0.0432. The highest BCUT2D eigenvalue weighted by molar-refractivity contribution is 9.09. The van der Waals surface area contributed by atoms with Crippen LogP contribution in [-0.4, -0.2) is 17.7 Å². The van der Waals surface area contributed by atoms with Crippen LogP contribution in [0.3, 0.4) is 0 Å². The number of Topliss-reactive ketones (excluding diaryl/α,β-unsaturated/α-hetero) is 1. The number of carbonyl (C=O) groups excluding carboxylic acids is 1. The van der Waals surface area contributed by atoms with Crippen LogP contribution in [-0.2, 0) is 0 Å². The van der Waals surface area contributed by atoms with Gasteiger partial charge in [0.15, 0.2) is 5.78 Å². The zero-order valence-electron chi connectivity index (χ0n) is 7.65. The van der Waals surface area contributed by atoms with Crippen LogP contribution < -0.4 is 4.74 Å². The van der Waals surface area contributed by atoms with Crippen molar-refractivity contribution in [2.75, 3.05) is 5.33 Å². The summed E-state index contributed by atoms with van der Waals surface area (Å²) < 4.78 is 28.2. The first-order valence-electron chi connectivity index (χ1n) is 3.98. The Balaban J connectivity index is 3.20. The lowest BCUT2D eigenvalue weighted by atomic mass is 10.1. The van der Waals surface area contributed by atoms with Crippen molar-refractivity contribution < 1.29 is 18.3 Å². The van der Waals surface area contributed by atoms with Gasteiger partial charge in [0.25, 0.3) is 0 Å². The highest BCUT2D eigenvalue weighted by Crippen LogP contribution is 2.33. The third kappa shape index (κ3) is 3.30. The van der Waals surface area contributed by atoms with E-state index in [2.05, 4.69) is 20.7 Å². The van der Waals surface area contributed by atoms with Gasteiger partial charge < -0.3 is 4.74 Å². The number of rotatable bonds is 4. The van der Waals surface area contributed by atoms with Crippen LogP contribution in [0.15, 0.2) is 12.1 Å². The maximum absolute atomic E-state index is 12.0. The minimum Gasteiger partial charge on any atom is -0.433 e. The van der Waals surface area contributed by atoms with Gasteiger partial charge in [-0.05, 0) is 6.07 Å². The average molecular weight is 334 g/mol. The summed E-state index contributed by atoms with van der Waals surface area (Å²) >= 11 is 14.3. The first kappa shape index (κ1) is 13.7. The summed E-state index contributed by atoms with van der Waals surface area (Å²) in [6, 6.07) is 2.42. The molecule has 1 rings (SSSR count). The largest absolute Gasteiger partial charge is 0.433 e. The second-order valence-electron chi connectivity index (χ2n) is 2.70. The lowest BCUT2D eigenvalue weighted by Gasteiger charge is -2.10. The van der Waals surface area contributed by atoms with Gasteiger partial charge in [0.1, 0.15) is 5.75 Å². The molecular formula is C9H5BrCl2F2O2. The third-order valence-electron chi connectivity index (χ3n) is 1.64. The topological polar surface area (TPSA) is 26.3 Å². The molecule has 88 valence electrons. The summed E-state index contributed by atoms with van der Waals surface area (Å²) in [6.07, 6.45) is 0. The molecule has 0 saturated carbocycles. The molecule has 0 aliphatic carbocycles. The molecule has 0 aliphatic heterocycles. The zero-order chi connectivity index (χ0) is 12.3. The van der Waals surface area contributed by atoms with Crippen LogP contribution in [0.5, 0.6) is 5.75 Å². The van der Waals surface area contributed by atoms with Crippen molar-refractivity contribution in [2.24, 2.45) is 0 Å². The number of hydrogen-bond donors (Lipinski definition) is 0.